The molecule has 0 radical (unpaired) electrons. The molecule has 0 fully saturated rings. The number of aliphatic imine (C=N–C) groups is 1. The molecule has 4 heteroatoms. The van der Waals surface area contributed by atoms with E-state index in [4.69, 9.17) is 16.3 Å². The molecule has 1 aromatic heterocycles. The quantitative estimate of drug-likeness (QED) is 0.503. The maximum atomic E-state index is 6.17. The first-order valence-corrected chi connectivity index (χ1v) is 9.07. The SMILES string of the molecule is CCc1ccc(-n2c(C)cc(C=Nc3ccc(OC)c(Cl)c3)c2C)cc1. The van der Waals surface area contributed by atoms with Crippen LogP contribution in [0, 0.1) is 13.8 Å². The van der Waals surface area contributed by atoms with Gasteiger partial charge in [0.2, 0.25) is 0 Å². The van der Waals surface area contributed by atoms with Crippen LogP contribution in [0.3, 0.4) is 0 Å². The normalized spacial score (nSPS) is 11.3. The summed E-state index contributed by atoms with van der Waals surface area (Å²) in [4.78, 5) is 4.57. The number of ether oxygens (including phenoxy) is 1. The molecule has 134 valence electrons. The van der Waals surface area contributed by atoms with Gasteiger partial charge in [0.25, 0.3) is 0 Å². The first-order chi connectivity index (χ1) is 12.5. The fraction of sp³-hybridized carbons (Fsp3) is 0.227. The van der Waals surface area contributed by atoms with Gasteiger partial charge in [-0.3, -0.25) is 4.99 Å². The van der Waals surface area contributed by atoms with Gasteiger partial charge in [-0.05, 0) is 62.2 Å². The van der Waals surface area contributed by atoms with Crippen LogP contribution in [-0.4, -0.2) is 17.9 Å². The van der Waals surface area contributed by atoms with Crippen molar-refractivity contribution >= 4 is 23.5 Å². The number of aromatic nitrogens is 1. The molecule has 0 amide bonds. The van der Waals surface area contributed by atoms with Crippen LogP contribution >= 0.6 is 11.6 Å². The summed E-state index contributed by atoms with van der Waals surface area (Å²) in [5, 5.41) is 0.559. The second kappa shape index (κ2) is 7.79. The molecule has 2 aromatic carbocycles. The maximum Gasteiger partial charge on any atom is 0.137 e. The molecule has 0 unspecified atom stereocenters. The van der Waals surface area contributed by atoms with Crippen LogP contribution in [0.15, 0.2) is 53.5 Å². The molecule has 1 heterocycles. The summed E-state index contributed by atoms with van der Waals surface area (Å²) in [6, 6.07) is 16.4. The van der Waals surface area contributed by atoms with E-state index >= 15 is 0 Å². The largest absolute Gasteiger partial charge is 0.495 e. The number of rotatable bonds is 5. The van der Waals surface area contributed by atoms with Gasteiger partial charge in [-0.1, -0.05) is 30.7 Å². The molecular formula is C22H23ClN2O. The average molecular weight is 367 g/mol. The lowest BCUT2D eigenvalue weighted by molar-refractivity contribution is 0.415. The Morgan fingerprint density at radius 2 is 1.81 bits per heavy atom. The summed E-state index contributed by atoms with van der Waals surface area (Å²) >= 11 is 6.17. The topological polar surface area (TPSA) is 26.5 Å². The zero-order valence-corrected chi connectivity index (χ0v) is 16.3. The minimum atomic E-state index is 0.559. The van der Waals surface area contributed by atoms with Crippen molar-refractivity contribution in [2.75, 3.05) is 7.11 Å². The van der Waals surface area contributed by atoms with E-state index in [1.165, 1.54) is 16.9 Å². The minimum absolute atomic E-state index is 0.559. The molecule has 0 aliphatic rings. The monoisotopic (exact) mass is 366 g/mol. The molecule has 3 aromatic rings. The van der Waals surface area contributed by atoms with Gasteiger partial charge in [0.1, 0.15) is 5.75 Å². The zero-order chi connectivity index (χ0) is 18.7. The van der Waals surface area contributed by atoms with Gasteiger partial charge in [0.15, 0.2) is 0 Å². The number of benzene rings is 2. The second-order valence-corrected chi connectivity index (χ2v) is 6.67. The van der Waals surface area contributed by atoms with Crippen LogP contribution in [0.25, 0.3) is 5.69 Å². The summed E-state index contributed by atoms with van der Waals surface area (Å²) < 4.78 is 7.43. The number of methoxy groups -OCH3 is 1. The van der Waals surface area contributed by atoms with Crippen molar-refractivity contribution < 1.29 is 4.74 Å². The molecule has 0 spiro atoms. The van der Waals surface area contributed by atoms with Crippen LogP contribution in [0.1, 0.15) is 29.4 Å². The zero-order valence-electron chi connectivity index (χ0n) is 15.6. The number of nitrogens with zero attached hydrogens (tertiary/aromatic N) is 2. The molecule has 0 saturated carbocycles. The number of hydrogen-bond acceptors (Lipinski definition) is 2. The Balaban J connectivity index is 1.91. The van der Waals surface area contributed by atoms with E-state index < -0.39 is 0 Å². The van der Waals surface area contributed by atoms with Crippen molar-refractivity contribution in [3.8, 4) is 11.4 Å². The number of hydrogen-bond donors (Lipinski definition) is 0. The highest BCUT2D eigenvalue weighted by molar-refractivity contribution is 6.32. The highest BCUT2D eigenvalue weighted by Gasteiger charge is 2.09. The molecule has 0 aliphatic heterocycles. The Kier molecular flexibility index (Phi) is 5.48. The van der Waals surface area contributed by atoms with Crippen molar-refractivity contribution in [1.82, 2.24) is 4.57 Å². The molecule has 3 nitrogen and oxygen atoms in total. The summed E-state index contributed by atoms with van der Waals surface area (Å²) in [6.07, 6.45) is 2.93. The molecular weight excluding hydrogens is 344 g/mol. The lowest BCUT2D eigenvalue weighted by atomic mass is 10.1. The van der Waals surface area contributed by atoms with Gasteiger partial charge in [0, 0.05) is 28.9 Å². The fourth-order valence-electron chi connectivity index (χ4n) is 3.08. The summed E-state index contributed by atoms with van der Waals surface area (Å²) in [5.74, 6) is 0.652. The third-order valence-corrected chi connectivity index (χ3v) is 4.86. The van der Waals surface area contributed by atoms with Crippen LogP contribution < -0.4 is 4.74 Å². The van der Waals surface area contributed by atoms with Crippen LogP contribution in [0.4, 0.5) is 5.69 Å². The smallest absolute Gasteiger partial charge is 0.137 e. The molecule has 0 aliphatic carbocycles. The molecule has 0 bridgehead atoms. The van der Waals surface area contributed by atoms with Gasteiger partial charge in [-0.15, -0.1) is 0 Å². The van der Waals surface area contributed by atoms with Crippen molar-refractivity contribution in [2.45, 2.75) is 27.2 Å². The van der Waals surface area contributed by atoms with Crippen molar-refractivity contribution in [3.63, 3.8) is 0 Å². The molecule has 0 N–H and O–H groups in total. The Bertz CT molecular complexity index is 940. The van der Waals surface area contributed by atoms with Gasteiger partial charge < -0.3 is 9.30 Å². The molecule has 26 heavy (non-hydrogen) atoms. The summed E-state index contributed by atoms with van der Waals surface area (Å²) in [7, 11) is 1.60. The molecule has 0 saturated heterocycles. The standard InChI is InChI=1S/C22H23ClN2O/c1-5-17-6-9-20(10-7-17)25-15(2)12-18(16(25)3)14-24-19-8-11-22(26-4)21(23)13-19/h6-14H,5H2,1-4H3. The fourth-order valence-corrected chi connectivity index (χ4v) is 3.33. The first kappa shape index (κ1) is 18.3. The van der Waals surface area contributed by atoms with E-state index in [-0.39, 0.29) is 0 Å². The molecule has 3 rings (SSSR count). The Morgan fingerprint density at radius 1 is 1.08 bits per heavy atom. The number of aryl methyl sites for hydroxylation is 2. The van der Waals surface area contributed by atoms with Crippen LogP contribution in [0.2, 0.25) is 5.02 Å². The van der Waals surface area contributed by atoms with E-state index in [2.05, 4.69) is 60.7 Å². The van der Waals surface area contributed by atoms with Gasteiger partial charge in [-0.25, -0.2) is 0 Å². The van der Waals surface area contributed by atoms with Gasteiger partial charge in [-0.2, -0.15) is 0 Å². The highest BCUT2D eigenvalue weighted by Crippen LogP contribution is 2.29. The van der Waals surface area contributed by atoms with Crippen LogP contribution in [-0.2, 0) is 6.42 Å². The Labute approximate surface area is 159 Å². The van der Waals surface area contributed by atoms with Gasteiger partial charge >= 0.3 is 0 Å². The van der Waals surface area contributed by atoms with E-state index in [1.807, 2.05) is 18.3 Å². The van der Waals surface area contributed by atoms with Gasteiger partial charge in [0.05, 0.1) is 17.8 Å². The summed E-state index contributed by atoms with van der Waals surface area (Å²) in [5.41, 5.74) is 6.75. The molecule has 0 atom stereocenters. The highest BCUT2D eigenvalue weighted by atomic mass is 35.5. The maximum absolute atomic E-state index is 6.17. The van der Waals surface area contributed by atoms with E-state index in [1.54, 1.807) is 13.2 Å². The second-order valence-electron chi connectivity index (χ2n) is 6.26. The Hall–Kier alpha value is -2.52. The average Bonchev–Trinajstić information content (AvgIpc) is 2.93. The van der Waals surface area contributed by atoms with Crippen LogP contribution in [0.5, 0.6) is 5.75 Å². The van der Waals surface area contributed by atoms with E-state index in [0.717, 1.165) is 23.4 Å². The van der Waals surface area contributed by atoms with Crippen molar-refractivity contribution in [1.29, 1.82) is 0 Å². The lowest BCUT2D eigenvalue weighted by Gasteiger charge is -2.10. The minimum Gasteiger partial charge on any atom is -0.495 e. The van der Waals surface area contributed by atoms with Crippen molar-refractivity contribution in [3.05, 3.63) is 76.1 Å². The van der Waals surface area contributed by atoms with E-state index in [9.17, 15) is 0 Å². The predicted molar refractivity (Wildman–Crippen MR) is 110 cm³/mol. The third kappa shape index (κ3) is 3.68. The Morgan fingerprint density at radius 3 is 2.42 bits per heavy atom. The lowest BCUT2D eigenvalue weighted by Crippen LogP contribution is -1.99. The first-order valence-electron chi connectivity index (χ1n) is 8.69. The van der Waals surface area contributed by atoms with Crippen molar-refractivity contribution in [2.24, 2.45) is 4.99 Å². The predicted octanol–water partition coefficient (Wildman–Crippen LogP) is 6.07. The number of halogens is 1. The van der Waals surface area contributed by atoms with E-state index in [0.29, 0.717) is 10.8 Å². The summed E-state index contributed by atoms with van der Waals surface area (Å²) in [6.45, 7) is 6.40. The third-order valence-electron chi connectivity index (χ3n) is 4.56.